The minimum atomic E-state index is -0.697. The van der Waals surface area contributed by atoms with Crippen molar-refractivity contribution >= 4 is 0 Å². The van der Waals surface area contributed by atoms with E-state index in [4.69, 9.17) is 4.74 Å². The number of ether oxygens (including phenoxy) is 1. The van der Waals surface area contributed by atoms with Crippen LogP contribution in [0, 0.1) is 0 Å². The predicted molar refractivity (Wildman–Crippen MR) is 116 cm³/mol. The molecule has 1 atom stereocenters. The molecule has 2 aromatic rings. The number of phenolic OH excluding ortho intramolecular Hbond substituents is 2. The Bertz CT molecular complexity index is 678. The van der Waals surface area contributed by atoms with Crippen molar-refractivity contribution in [3.05, 3.63) is 59.7 Å². The van der Waals surface area contributed by atoms with Crippen LogP contribution in [0.2, 0.25) is 0 Å². The van der Waals surface area contributed by atoms with Crippen LogP contribution in [0.3, 0.4) is 0 Å². The van der Waals surface area contributed by atoms with Crippen LogP contribution in [-0.4, -0.2) is 41.6 Å². The molecule has 0 saturated carbocycles. The van der Waals surface area contributed by atoms with Gasteiger partial charge in [-0.05, 0) is 61.9 Å². The summed E-state index contributed by atoms with van der Waals surface area (Å²) in [5.41, 5.74) is 1.99. The number of aliphatic hydroxyl groups excluding tert-OH is 1. The monoisotopic (exact) mass is 401 g/mol. The molecular weight excluding hydrogens is 366 g/mol. The normalized spacial score (nSPS) is 12.2. The first kappa shape index (κ1) is 23.2. The van der Waals surface area contributed by atoms with Crippen LogP contribution in [-0.2, 0) is 11.2 Å². The third-order valence-corrected chi connectivity index (χ3v) is 4.96. The second-order valence-corrected chi connectivity index (χ2v) is 7.44. The summed E-state index contributed by atoms with van der Waals surface area (Å²) in [6.07, 6.45) is 7.15. The molecule has 160 valence electrons. The molecule has 2 rings (SSSR count). The lowest BCUT2D eigenvalue weighted by atomic mass is 10.1. The highest BCUT2D eigenvalue weighted by molar-refractivity contribution is 5.41. The van der Waals surface area contributed by atoms with Gasteiger partial charge in [0.1, 0.15) is 0 Å². The molecule has 0 aliphatic heterocycles. The molecule has 2 aromatic carbocycles. The van der Waals surface area contributed by atoms with E-state index in [1.54, 1.807) is 6.07 Å². The molecule has 0 aliphatic rings. The van der Waals surface area contributed by atoms with Gasteiger partial charge in [0.15, 0.2) is 11.5 Å². The van der Waals surface area contributed by atoms with Crippen molar-refractivity contribution in [2.75, 3.05) is 26.3 Å². The van der Waals surface area contributed by atoms with Crippen LogP contribution in [0.25, 0.3) is 0 Å². The van der Waals surface area contributed by atoms with E-state index in [1.165, 1.54) is 24.1 Å². The smallest absolute Gasteiger partial charge is 0.157 e. The fourth-order valence-electron chi connectivity index (χ4n) is 3.19. The third-order valence-electron chi connectivity index (χ3n) is 4.96. The maximum atomic E-state index is 10.1. The summed E-state index contributed by atoms with van der Waals surface area (Å²) in [6.45, 7) is 2.96. The van der Waals surface area contributed by atoms with E-state index in [-0.39, 0.29) is 11.5 Å². The Balaban J connectivity index is 1.36. The number of aromatic hydroxyl groups is 2. The second kappa shape index (κ2) is 14.0. The van der Waals surface area contributed by atoms with Gasteiger partial charge in [0.2, 0.25) is 0 Å². The summed E-state index contributed by atoms with van der Waals surface area (Å²) in [5.74, 6) is -0.384. The first-order valence-corrected chi connectivity index (χ1v) is 10.7. The quantitative estimate of drug-likeness (QED) is 0.264. The van der Waals surface area contributed by atoms with Gasteiger partial charge in [0, 0.05) is 19.8 Å². The predicted octanol–water partition coefficient (Wildman–Crippen LogP) is 4.32. The van der Waals surface area contributed by atoms with Gasteiger partial charge in [0.05, 0.1) is 6.10 Å². The number of hydrogen-bond acceptors (Lipinski definition) is 5. The number of rotatable bonds is 15. The van der Waals surface area contributed by atoms with Gasteiger partial charge in [-0.15, -0.1) is 0 Å². The first-order chi connectivity index (χ1) is 14.2. The summed E-state index contributed by atoms with van der Waals surface area (Å²) < 4.78 is 5.71. The number of hydrogen-bond donors (Lipinski definition) is 4. The summed E-state index contributed by atoms with van der Waals surface area (Å²) in [5, 5.41) is 32.1. The van der Waals surface area contributed by atoms with Gasteiger partial charge >= 0.3 is 0 Å². The third kappa shape index (κ3) is 9.79. The molecule has 0 bridgehead atoms. The van der Waals surface area contributed by atoms with Gasteiger partial charge in [-0.25, -0.2) is 0 Å². The highest BCUT2D eigenvalue weighted by atomic mass is 16.5. The van der Waals surface area contributed by atoms with Crippen molar-refractivity contribution < 1.29 is 20.1 Å². The van der Waals surface area contributed by atoms with E-state index in [0.717, 1.165) is 58.3 Å². The van der Waals surface area contributed by atoms with Crippen molar-refractivity contribution in [3.8, 4) is 11.5 Å². The van der Waals surface area contributed by atoms with Crippen LogP contribution in [0.15, 0.2) is 48.5 Å². The van der Waals surface area contributed by atoms with Gasteiger partial charge in [0.25, 0.3) is 0 Å². The maximum absolute atomic E-state index is 10.1. The average molecular weight is 402 g/mol. The highest BCUT2D eigenvalue weighted by Crippen LogP contribution is 2.27. The summed E-state index contributed by atoms with van der Waals surface area (Å²) in [4.78, 5) is 0. The molecule has 29 heavy (non-hydrogen) atoms. The Labute approximate surface area is 174 Å². The topological polar surface area (TPSA) is 82.0 Å². The molecule has 5 heteroatoms. The summed E-state index contributed by atoms with van der Waals surface area (Å²) >= 11 is 0. The van der Waals surface area contributed by atoms with E-state index in [1.807, 2.05) is 0 Å². The molecule has 0 fully saturated rings. The highest BCUT2D eigenvalue weighted by Gasteiger charge is 2.09. The Morgan fingerprint density at radius 3 is 2.28 bits per heavy atom. The Kier molecular flexibility index (Phi) is 11.2. The van der Waals surface area contributed by atoms with Crippen LogP contribution in [0.1, 0.15) is 55.8 Å². The summed E-state index contributed by atoms with van der Waals surface area (Å²) in [6, 6.07) is 15.0. The van der Waals surface area contributed by atoms with Crippen LogP contribution in [0.4, 0.5) is 0 Å². The van der Waals surface area contributed by atoms with Crippen molar-refractivity contribution in [3.63, 3.8) is 0 Å². The summed E-state index contributed by atoms with van der Waals surface area (Å²) in [7, 11) is 0. The van der Waals surface area contributed by atoms with E-state index in [0.29, 0.717) is 12.1 Å². The molecule has 0 radical (unpaired) electrons. The fourth-order valence-corrected chi connectivity index (χ4v) is 3.19. The molecule has 0 heterocycles. The minimum Gasteiger partial charge on any atom is -0.504 e. The first-order valence-electron chi connectivity index (χ1n) is 10.7. The lowest BCUT2D eigenvalue weighted by Gasteiger charge is -2.13. The van der Waals surface area contributed by atoms with E-state index < -0.39 is 6.10 Å². The molecule has 5 nitrogen and oxygen atoms in total. The van der Waals surface area contributed by atoms with Crippen LogP contribution in [0.5, 0.6) is 11.5 Å². The van der Waals surface area contributed by atoms with E-state index in [2.05, 4.69) is 35.6 Å². The lowest BCUT2D eigenvalue weighted by molar-refractivity contribution is 0.126. The van der Waals surface area contributed by atoms with Gasteiger partial charge in [-0.2, -0.15) is 0 Å². The zero-order valence-corrected chi connectivity index (χ0v) is 17.2. The van der Waals surface area contributed by atoms with Gasteiger partial charge < -0.3 is 25.4 Å². The molecule has 0 amide bonds. The standard InChI is InChI=1S/C24H35NO4/c26-22-14-13-21(18-23(22)27)24(28)19-25-15-7-1-2-8-16-29-17-9-6-12-20-10-4-3-5-11-20/h3-5,10-11,13-14,18,24-28H,1-2,6-9,12,15-17,19H2/t24-/m0/s1. The van der Waals surface area contributed by atoms with Crippen LogP contribution < -0.4 is 5.32 Å². The number of aryl methyl sites for hydroxylation is 1. The Morgan fingerprint density at radius 1 is 0.793 bits per heavy atom. The van der Waals surface area contributed by atoms with E-state index in [9.17, 15) is 15.3 Å². The fraction of sp³-hybridized carbons (Fsp3) is 0.500. The molecule has 0 saturated heterocycles. The minimum absolute atomic E-state index is 0.176. The van der Waals surface area contributed by atoms with Crippen molar-refractivity contribution in [2.45, 2.75) is 51.0 Å². The van der Waals surface area contributed by atoms with Crippen molar-refractivity contribution in [1.82, 2.24) is 5.32 Å². The Hall–Kier alpha value is -2.08. The van der Waals surface area contributed by atoms with E-state index >= 15 is 0 Å². The van der Waals surface area contributed by atoms with Gasteiger partial charge in [-0.3, -0.25) is 0 Å². The number of aliphatic hydroxyl groups is 1. The molecule has 4 N–H and O–H groups in total. The number of benzene rings is 2. The molecular formula is C24H35NO4. The second-order valence-electron chi connectivity index (χ2n) is 7.44. The lowest BCUT2D eigenvalue weighted by Crippen LogP contribution is -2.22. The van der Waals surface area contributed by atoms with Gasteiger partial charge in [-0.1, -0.05) is 49.2 Å². The molecule has 0 aliphatic carbocycles. The molecule has 0 spiro atoms. The average Bonchev–Trinajstić information content (AvgIpc) is 2.74. The zero-order chi connectivity index (χ0) is 20.7. The zero-order valence-electron chi connectivity index (χ0n) is 17.2. The number of nitrogens with one attached hydrogen (secondary N) is 1. The molecule has 0 unspecified atom stereocenters. The van der Waals surface area contributed by atoms with Crippen molar-refractivity contribution in [1.29, 1.82) is 0 Å². The number of unbranched alkanes of at least 4 members (excludes halogenated alkanes) is 4. The Morgan fingerprint density at radius 2 is 1.52 bits per heavy atom. The van der Waals surface area contributed by atoms with Crippen LogP contribution >= 0.6 is 0 Å². The number of phenols is 2. The SMILES string of the molecule is Oc1ccc([C@@H](O)CNCCCCCCOCCCCc2ccccc2)cc1O. The van der Waals surface area contributed by atoms with Crippen molar-refractivity contribution in [2.24, 2.45) is 0 Å². The largest absolute Gasteiger partial charge is 0.504 e. The maximum Gasteiger partial charge on any atom is 0.157 e. The molecule has 0 aromatic heterocycles.